The number of ketones is 1. The molecule has 0 aliphatic carbocycles. The minimum atomic E-state index is -0.0735. The second-order valence-corrected chi connectivity index (χ2v) is 4.86. The van der Waals surface area contributed by atoms with Gasteiger partial charge < -0.3 is 0 Å². The van der Waals surface area contributed by atoms with Crippen molar-refractivity contribution in [1.82, 2.24) is 0 Å². The fraction of sp³-hybridized carbons (Fsp3) is 0. The zero-order valence-electron chi connectivity index (χ0n) is 12.0. The van der Waals surface area contributed by atoms with Crippen LogP contribution in [0, 0.1) is 0 Å². The van der Waals surface area contributed by atoms with Crippen LogP contribution in [0.1, 0.15) is 15.9 Å². The normalized spacial score (nSPS) is 11.2. The van der Waals surface area contributed by atoms with Gasteiger partial charge in [-0.3, -0.25) is 4.79 Å². The molecule has 3 rings (SSSR count). The lowest BCUT2D eigenvalue weighted by Crippen LogP contribution is -2.15. The van der Waals surface area contributed by atoms with Gasteiger partial charge >= 0.3 is 0 Å². The van der Waals surface area contributed by atoms with Crippen molar-refractivity contribution in [3.63, 3.8) is 0 Å². The summed E-state index contributed by atoms with van der Waals surface area (Å²) in [5, 5.41) is 0. The van der Waals surface area contributed by atoms with Gasteiger partial charge in [-0.15, -0.1) is 0 Å². The highest BCUT2D eigenvalue weighted by molar-refractivity contribution is 6.51. The third-order valence-corrected chi connectivity index (χ3v) is 3.30. The summed E-state index contributed by atoms with van der Waals surface area (Å²) in [5.74, 6) is -0.0735. The number of rotatable bonds is 4. The van der Waals surface area contributed by atoms with E-state index in [-0.39, 0.29) is 5.78 Å². The largest absolute Gasteiger partial charge is 0.287 e. The van der Waals surface area contributed by atoms with Crippen LogP contribution in [0.5, 0.6) is 0 Å². The van der Waals surface area contributed by atoms with Gasteiger partial charge in [0.1, 0.15) is 5.71 Å². The van der Waals surface area contributed by atoms with Gasteiger partial charge in [0.15, 0.2) is 0 Å². The van der Waals surface area contributed by atoms with Crippen LogP contribution in [-0.4, -0.2) is 11.5 Å². The number of carbonyl (C=O) groups excluding carboxylic acids is 1. The molecule has 0 amide bonds. The molecule has 2 nitrogen and oxygen atoms in total. The predicted octanol–water partition coefficient (Wildman–Crippen LogP) is 4.69. The van der Waals surface area contributed by atoms with E-state index in [2.05, 4.69) is 4.99 Å². The molecule has 2 heteroatoms. The molecule has 0 aromatic heterocycles. The van der Waals surface area contributed by atoms with Gasteiger partial charge in [0.2, 0.25) is 5.78 Å². The van der Waals surface area contributed by atoms with Gasteiger partial charge in [-0.25, -0.2) is 4.99 Å². The highest BCUT2D eigenvalue weighted by Crippen LogP contribution is 2.16. The topological polar surface area (TPSA) is 29.4 Å². The standard InChI is InChI=1S/C20H15NO/c22-20(17-12-6-2-7-13-17)19(16-10-4-1-5-11-16)21-18-14-8-3-9-15-18/h1-15H. The van der Waals surface area contributed by atoms with Gasteiger partial charge in [0.05, 0.1) is 5.69 Å². The highest BCUT2D eigenvalue weighted by atomic mass is 16.1. The molecule has 0 aliphatic rings. The molecule has 0 spiro atoms. The van der Waals surface area contributed by atoms with Crippen LogP contribution in [0.2, 0.25) is 0 Å². The van der Waals surface area contributed by atoms with Crippen molar-refractivity contribution in [3.05, 3.63) is 102 Å². The van der Waals surface area contributed by atoms with Gasteiger partial charge in [-0.1, -0.05) is 78.9 Å². The van der Waals surface area contributed by atoms with Crippen molar-refractivity contribution in [2.75, 3.05) is 0 Å². The number of para-hydroxylation sites is 1. The van der Waals surface area contributed by atoms with Gasteiger partial charge in [-0.05, 0) is 12.1 Å². The minimum Gasteiger partial charge on any atom is -0.287 e. The average Bonchev–Trinajstić information content (AvgIpc) is 2.61. The Morgan fingerprint density at radius 2 is 1.05 bits per heavy atom. The molecule has 0 N–H and O–H groups in total. The number of carbonyl (C=O) groups is 1. The van der Waals surface area contributed by atoms with E-state index in [0.29, 0.717) is 11.3 Å². The van der Waals surface area contributed by atoms with E-state index < -0.39 is 0 Å². The number of Topliss-reactive ketones (excluding diaryl/α,β-unsaturated/α-hetero) is 1. The first-order chi connectivity index (χ1) is 10.8. The third-order valence-electron chi connectivity index (χ3n) is 3.30. The summed E-state index contributed by atoms with van der Waals surface area (Å²) in [7, 11) is 0. The second kappa shape index (κ2) is 6.64. The first kappa shape index (κ1) is 14.0. The SMILES string of the molecule is O=C(C(=Nc1ccccc1)c1ccccc1)c1ccccc1. The monoisotopic (exact) mass is 285 g/mol. The fourth-order valence-electron chi connectivity index (χ4n) is 2.20. The van der Waals surface area contributed by atoms with E-state index in [9.17, 15) is 4.79 Å². The van der Waals surface area contributed by atoms with Crippen LogP contribution in [-0.2, 0) is 0 Å². The number of hydrogen-bond donors (Lipinski definition) is 0. The molecule has 0 aliphatic heterocycles. The summed E-state index contributed by atoms with van der Waals surface area (Å²) in [5.41, 5.74) is 2.69. The molecule has 3 aromatic rings. The Bertz CT molecular complexity index is 778. The van der Waals surface area contributed by atoms with Crippen molar-refractivity contribution >= 4 is 17.2 Å². The number of benzene rings is 3. The maximum Gasteiger partial charge on any atom is 0.211 e. The fourth-order valence-corrected chi connectivity index (χ4v) is 2.20. The van der Waals surface area contributed by atoms with Crippen LogP contribution in [0.15, 0.2) is 96.0 Å². The summed E-state index contributed by atoms with van der Waals surface area (Å²) in [4.78, 5) is 17.4. The van der Waals surface area contributed by atoms with Crippen LogP contribution in [0.25, 0.3) is 0 Å². The summed E-state index contributed by atoms with van der Waals surface area (Å²) >= 11 is 0. The summed E-state index contributed by atoms with van der Waals surface area (Å²) in [6.45, 7) is 0. The molecule has 0 unspecified atom stereocenters. The Labute approximate surface area is 129 Å². The lowest BCUT2D eigenvalue weighted by Gasteiger charge is -2.06. The summed E-state index contributed by atoms with van der Waals surface area (Å²) < 4.78 is 0. The molecule has 0 fully saturated rings. The van der Waals surface area contributed by atoms with Crippen molar-refractivity contribution in [3.8, 4) is 0 Å². The Kier molecular flexibility index (Phi) is 4.21. The van der Waals surface area contributed by atoms with Gasteiger partial charge in [0.25, 0.3) is 0 Å². The highest BCUT2D eigenvalue weighted by Gasteiger charge is 2.15. The maximum absolute atomic E-state index is 12.8. The third kappa shape index (κ3) is 3.18. The quantitative estimate of drug-likeness (QED) is 0.505. The van der Waals surface area contributed by atoms with Crippen molar-refractivity contribution < 1.29 is 4.79 Å². The van der Waals surface area contributed by atoms with Crippen LogP contribution < -0.4 is 0 Å². The van der Waals surface area contributed by atoms with E-state index in [1.165, 1.54) is 0 Å². The molecule has 106 valence electrons. The number of aliphatic imine (C=N–C) groups is 1. The maximum atomic E-state index is 12.8. The lowest BCUT2D eigenvalue weighted by molar-refractivity contribution is 0.106. The smallest absolute Gasteiger partial charge is 0.211 e. The molecule has 0 radical (unpaired) electrons. The van der Waals surface area contributed by atoms with E-state index >= 15 is 0 Å². The zero-order chi connectivity index (χ0) is 15.2. The van der Waals surface area contributed by atoms with Crippen molar-refractivity contribution in [2.45, 2.75) is 0 Å². The van der Waals surface area contributed by atoms with E-state index in [1.54, 1.807) is 0 Å². The minimum absolute atomic E-state index is 0.0735. The van der Waals surface area contributed by atoms with Crippen LogP contribution in [0.3, 0.4) is 0 Å². The Hall–Kier alpha value is -3.00. The molecule has 0 bridgehead atoms. The average molecular weight is 285 g/mol. The lowest BCUT2D eigenvalue weighted by atomic mass is 10.0. The van der Waals surface area contributed by atoms with E-state index in [0.717, 1.165) is 11.3 Å². The Morgan fingerprint density at radius 3 is 1.59 bits per heavy atom. The predicted molar refractivity (Wildman–Crippen MR) is 89.9 cm³/mol. The first-order valence-corrected chi connectivity index (χ1v) is 7.13. The molecule has 22 heavy (non-hydrogen) atoms. The van der Waals surface area contributed by atoms with Crippen LogP contribution in [0.4, 0.5) is 5.69 Å². The molecular formula is C20H15NO. The van der Waals surface area contributed by atoms with Crippen molar-refractivity contribution in [2.24, 2.45) is 4.99 Å². The van der Waals surface area contributed by atoms with E-state index in [1.807, 2.05) is 91.0 Å². The Morgan fingerprint density at radius 1 is 0.591 bits per heavy atom. The van der Waals surface area contributed by atoms with Crippen LogP contribution >= 0.6 is 0 Å². The molecule has 0 atom stereocenters. The summed E-state index contributed by atoms with van der Waals surface area (Å²) in [6, 6.07) is 28.3. The van der Waals surface area contributed by atoms with E-state index in [4.69, 9.17) is 0 Å². The molecule has 0 heterocycles. The number of hydrogen-bond acceptors (Lipinski definition) is 2. The molecule has 0 saturated heterocycles. The van der Waals surface area contributed by atoms with Crippen molar-refractivity contribution in [1.29, 1.82) is 0 Å². The number of nitrogens with zero attached hydrogens (tertiary/aromatic N) is 1. The molecule has 3 aromatic carbocycles. The van der Waals surface area contributed by atoms with Gasteiger partial charge in [0, 0.05) is 11.1 Å². The first-order valence-electron chi connectivity index (χ1n) is 7.13. The molecule has 0 saturated carbocycles. The molecular weight excluding hydrogens is 270 g/mol. The van der Waals surface area contributed by atoms with Gasteiger partial charge in [-0.2, -0.15) is 0 Å². The zero-order valence-corrected chi connectivity index (χ0v) is 12.0. The summed E-state index contributed by atoms with van der Waals surface area (Å²) in [6.07, 6.45) is 0. The Balaban J connectivity index is 2.08. The second-order valence-electron chi connectivity index (χ2n) is 4.86.